The summed E-state index contributed by atoms with van der Waals surface area (Å²) in [6.45, 7) is 8.48. The average molecular weight is 276 g/mol. The zero-order valence-corrected chi connectivity index (χ0v) is 13.1. The highest BCUT2D eigenvalue weighted by Gasteiger charge is 2.16. The van der Waals surface area contributed by atoms with Crippen molar-refractivity contribution in [2.75, 3.05) is 33.3 Å². The number of likely N-dealkylation sites (N-methyl/N-ethyl adjacent to an activating group) is 1. The van der Waals surface area contributed by atoms with Crippen molar-refractivity contribution < 1.29 is 4.74 Å². The van der Waals surface area contributed by atoms with E-state index >= 15 is 0 Å². The molecule has 0 radical (unpaired) electrons. The van der Waals surface area contributed by atoms with Gasteiger partial charge in [-0.3, -0.25) is 0 Å². The first-order chi connectivity index (χ1) is 9.66. The summed E-state index contributed by atoms with van der Waals surface area (Å²) in [5.74, 6) is 0.995. The summed E-state index contributed by atoms with van der Waals surface area (Å²) in [4.78, 5) is 2.47. The summed E-state index contributed by atoms with van der Waals surface area (Å²) in [5, 5.41) is 3.47. The standard InChI is InChI=1S/C17H28N2O/c1-14-7-8-17(12-15(14)2)20-11-5-10-19(3)16-6-4-9-18-13-16/h7-8,12,16,18H,4-6,9-11,13H2,1-3H3. The summed E-state index contributed by atoms with van der Waals surface area (Å²) >= 11 is 0. The Bertz CT molecular complexity index is 413. The maximum Gasteiger partial charge on any atom is 0.119 e. The Labute approximate surface area is 123 Å². The summed E-state index contributed by atoms with van der Waals surface area (Å²) in [6.07, 6.45) is 3.70. The second kappa shape index (κ2) is 7.65. The zero-order chi connectivity index (χ0) is 14.4. The third-order valence-corrected chi connectivity index (χ3v) is 4.30. The van der Waals surface area contributed by atoms with E-state index in [-0.39, 0.29) is 0 Å². The smallest absolute Gasteiger partial charge is 0.119 e. The fraction of sp³-hybridized carbons (Fsp3) is 0.647. The molecule has 1 aromatic rings. The van der Waals surface area contributed by atoms with Gasteiger partial charge in [-0.15, -0.1) is 0 Å². The van der Waals surface area contributed by atoms with Crippen molar-refractivity contribution >= 4 is 0 Å². The molecule has 0 saturated carbocycles. The van der Waals surface area contributed by atoms with Crippen molar-refractivity contribution in [3.63, 3.8) is 0 Å². The minimum atomic E-state index is 0.699. The molecule has 1 heterocycles. The van der Waals surface area contributed by atoms with Gasteiger partial charge in [0.25, 0.3) is 0 Å². The van der Waals surface area contributed by atoms with Gasteiger partial charge in [0.15, 0.2) is 0 Å². The molecule has 1 saturated heterocycles. The van der Waals surface area contributed by atoms with Crippen molar-refractivity contribution in [2.45, 2.75) is 39.2 Å². The maximum atomic E-state index is 5.84. The van der Waals surface area contributed by atoms with Crippen LogP contribution in [0.25, 0.3) is 0 Å². The number of aryl methyl sites for hydroxylation is 2. The Kier molecular flexibility index (Phi) is 5.86. The van der Waals surface area contributed by atoms with Gasteiger partial charge in [-0.2, -0.15) is 0 Å². The summed E-state index contributed by atoms with van der Waals surface area (Å²) in [6, 6.07) is 7.02. The third-order valence-electron chi connectivity index (χ3n) is 4.30. The Morgan fingerprint density at radius 3 is 2.85 bits per heavy atom. The molecular weight excluding hydrogens is 248 g/mol. The first-order valence-electron chi connectivity index (χ1n) is 7.78. The molecular formula is C17H28N2O. The number of benzene rings is 1. The number of nitrogens with one attached hydrogen (secondary N) is 1. The number of hydrogen-bond acceptors (Lipinski definition) is 3. The van der Waals surface area contributed by atoms with Crippen molar-refractivity contribution in [1.82, 2.24) is 10.2 Å². The largest absolute Gasteiger partial charge is 0.494 e. The van der Waals surface area contributed by atoms with Crippen LogP contribution in [0.1, 0.15) is 30.4 Å². The summed E-state index contributed by atoms with van der Waals surface area (Å²) < 4.78 is 5.84. The fourth-order valence-corrected chi connectivity index (χ4v) is 2.70. The molecule has 0 amide bonds. The molecule has 3 heteroatoms. The Morgan fingerprint density at radius 1 is 1.30 bits per heavy atom. The summed E-state index contributed by atoms with van der Waals surface area (Å²) in [5.41, 5.74) is 2.62. The van der Waals surface area contributed by atoms with Crippen LogP contribution in [0.5, 0.6) is 5.75 Å². The molecule has 3 nitrogen and oxygen atoms in total. The second-order valence-corrected chi connectivity index (χ2v) is 5.93. The summed E-state index contributed by atoms with van der Waals surface area (Å²) in [7, 11) is 2.23. The molecule has 1 fully saturated rings. The monoisotopic (exact) mass is 276 g/mol. The van der Waals surface area contributed by atoms with Crippen molar-refractivity contribution in [1.29, 1.82) is 0 Å². The van der Waals surface area contributed by atoms with E-state index in [1.165, 1.54) is 30.5 Å². The van der Waals surface area contributed by atoms with Crippen LogP contribution in [0.4, 0.5) is 0 Å². The van der Waals surface area contributed by atoms with Gasteiger partial charge < -0.3 is 15.0 Å². The van der Waals surface area contributed by atoms with E-state index in [2.05, 4.69) is 49.3 Å². The first-order valence-corrected chi connectivity index (χ1v) is 7.78. The maximum absolute atomic E-state index is 5.84. The lowest BCUT2D eigenvalue weighted by Gasteiger charge is -2.31. The Morgan fingerprint density at radius 2 is 2.15 bits per heavy atom. The van der Waals surface area contributed by atoms with Gasteiger partial charge in [0.1, 0.15) is 5.75 Å². The lowest BCUT2D eigenvalue weighted by atomic mass is 10.1. The van der Waals surface area contributed by atoms with Crippen LogP contribution in [0, 0.1) is 13.8 Å². The highest BCUT2D eigenvalue weighted by Crippen LogP contribution is 2.16. The van der Waals surface area contributed by atoms with Crippen LogP contribution in [-0.2, 0) is 0 Å². The van der Waals surface area contributed by atoms with Gasteiger partial charge in [0, 0.05) is 19.1 Å². The quantitative estimate of drug-likeness (QED) is 0.809. The normalized spacial score (nSPS) is 19.3. The van der Waals surface area contributed by atoms with Crippen LogP contribution < -0.4 is 10.1 Å². The van der Waals surface area contributed by atoms with E-state index in [4.69, 9.17) is 4.74 Å². The number of piperidine rings is 1. The van der Waals surface area contributed by atoms with Crippen LogP contribution >= 0.6 is 0 Å². The Balaban J connectivity index is 1.66. The predicted molar refractivity (Wildman–Crippen MR) is 84.5 cm³/mol. The minimum absolute atomic E-state index is 0.699. The van der Waals surface area contributed by atoms with Gasteiger partial charge >= 0.3 is 0 Å². The second-order valence-electron chi connectivity index (χ2n) is 5.93. The molecule has 0 spiro atoms. The highest BCUT2D eigenvalue weighted by molar-refractivity contribution is 5.33. The van der Waals surface area contributed by atoms with E-state index in [1.807, 2.05) is 0 Å². The van der Waals surface area contributed by atoms with E-state index in [0.717, 1.165) is 31.9 Å². The average Bonchev–Trinajstić information content (AvgIpc) is 2.48. The van der Waals surface area contributed by atoms with Crippen molar-refractivity contribution in [3.8, 4) is 5.75 Å². The predicted octanol–water partition coefficient (Wildman–Crippen LogP) is 2.76. The molecule has 1 N–H and O–H groups in total. The lowest BCUT2D eigenvalue weighted by Crippen LogP contribution is -2.44. The molecule has 1 aliphatic rings. The SMILES string of the molecule is Cc1ccc(OCCCN(C)C2CCCNC2)cc1C. The van der Waals surface area contributed by atoms with Gasteiger partial charge in [-0.05, 0) is 70.0 Å². The van der Waals surface area contributed by atoms with Crippen LogP contribution in [0.3, 0.4) is 0 Å². The van der Waals surface area contributed by atoms with E-state index in [0.29, 0.717) is 6.04 Å². The van der Waals surface area contributed by atoms with Gasteiger partial charge in [0.2, 0.25) is 0 Å². The Hall–Kier alpha value is -1.06. The molecule has 1 aromatic carbocycles. The van der Waals surface area contributed by atoms with Gasteiger partial charge in [-0.25, -0.2) is 0 Å². The van der Waals surface area contributed by atoms with Crippen molar-refractivity contribution in [3.05, 3.63) is 29.3 Å². The number of hydrogen-bond donors (Lipinski definition) is 1. The molecule has 0 bridgehead atoms. The van der Waals surface area contributed by atoms with Crippen LogP contribution in [0.2, 0.25) is 0 Å². The van der Waals surface area contributed by atoms with Crippen molar-refractivity contribution in [2.24, 2.45) is 0 Å². The molecule has 0 aliphatic carbocycles. The highest BCUT2D eigenvalue weighted by atomic mass is 16.5. The lowest BCUT2D eigenvalue weighted by molar-refractivity contribution is 0.186. The van der Waals surface area contributed by atoms with E-state index in [1.54, 1.807) is 0 Å². The molecule has 112 valence electrons. The molecule has 1 atom stereocenters. The van der Waals surface area contributed by atoms with Gasteiger partial charge in [-0.1, -0.05) is 6.07 Å². The van der Waals surface area contributed by atoms with Crippen LogP contribution in [0.15, 0.2) is 18.2 Å². The van der Waals surface area contributed by atoms with Gasteiger partial charge in [0.05, 0.1) is 6.61 Å². The zero-order valence-electron chi connectivity index (χ0n) is 13.1. The van der Waals surface area contributed by atoms with E-state index in [9.17, 15) is 0 Å². The number of ether oxygens (including phenoxy) is 1. The molecule has 0 aromatic heterocycles. The minimum Gasteiger partial charge on any atom is -0.494 e. The van der Waals surface area contributed by atoms with Crippen LogP contribution in [-0.4, -0.2) is 44.2 Å². The number of nitrogens with zero attached hydrogens (tertiary/aromatic N) is 1. The fourth-order valence-electron chi connectivity index (χ4n) is 2.70. The number of rotatable bonds is 6. The first kappa shape index (κ1) is 15.3. The van der Waals surface area contributed by atoms with E-state index < -0.39 is 0 Å². The molecule has 2 rings (SSSR count). The molecule has 1 unspecified atom stereocenters. The molecule has 20 heavy (non-hydrogen) atoms. The third kappa shape index (κ3) is 4.50. The molecule has 1 aliphatic heterocycles. The topological polar surface area (TPSA) is 24.5 Å².